The Bertz CT molecular complexity index is 497. The summed E-state index contributed by atoms with van der Waals surface area (Å²) in [5.41, 5.74) is 3.56. The van der Waals surface area contributed by atoms with Gasteiger partial charge in [-0.25, -0.2) is 0 Å². The lowest BCUT2D eigenvalue weighted by Gasteiger charge is -2.20. The number of carbonyl (C=O) groups excluding carboxylic acids is 1. The largest absolute Gasteiger partial charge is 0.497 e. The molecule has 1 heterocycles. The third-order valence-corrected chi connectivity index (χ3v) is 2.91. The van der Waals surface area contributed by atoms with Crippen LogP contribution in [0, 0.1) is 0 Å². The molecule has 0 radical (unpaired) electrons. The Morgan fingerprint density at radius 1 is 1.29 bits per heavy atom. The molecule has 0 saturated heterocycles. The van der Waals surface area contributed by atoms with Crippen LogP contribution in [-0.2, 0) is 4.79 Å². The van der Waals surface area contributed by atoms with Gasteiger partial charge >= 0.3 is 0 Å². The van der Waals surface area contributed by atoms with Crippen LogP contribution in [0.5, 0.6) is 5.75 Å². The third-order valence-electron chi connectivity index (χ3n) is 2.91. The van der Waals surface area contributed by atoms with Gasteiger partial charge in [0.15, 0.2) is 0 Å². The standard InChI is InChI=1S/C14H15NO2/c1-9-8-13(10(2)14(16)15-9)11-4-6-12(17-3)7-5-11/h4-7H,1,8H2,2-3H3,(H,15,16). The fourth-order valence-corrected chi connectivity index (χ4v) is 1.89. The average molecular weight is 229 g/mol. The fraction of sp³-hybridized carbons (Fsp3) is 0.214. The van der Waals surface area contributed by atoms with Crippen molar-refractivity contribution in [3.8, 4) is 5.75 Å². The second-order valence-electron chi connectivity index (χ2n) is 4.07. The van der Waals surface area contributed by atoms with Gasteiger partial charge in [0.05, 0.1) is 7.11 Å². The monoisotopic (exact) mass is 229 g/mol. The number of amides is 1. The van der Waals surface area contributed by atoms with Gasteiger partial charge in [-0.3, -0.25) is 4.79 Å². The number of methoxy groups -OCH3 is 1. The van der Waals surface area contributed by atoms with E-state index < -0.39 is 0 Å². The Labute approximate surface area is 101 Å². The lowest BCUT2D eigenvalue weighted by molar-refractivity contribution is -0.116. The van der Waals surface area contributed by atoms with Gasteiger partial charge in [-0.05, 0) is 30.2 Å². The van der Waals surface area contributed by atoms with Crippen LogP contribution in [0.3, 0.4) is 0 Å². The zero-order valence-electron chi connectivity index (χ0n) is 10.0. The van der Waals surface area contributed by atoms with E-state index in [0.29, 0.717) is 6.42 Å². The van der Waals surface area contributed by atoms with Crippen molar-refractivity contribution in [2.24, 2.45) is 0 Å². The quantitative estimate of drug-likeness (QED) is 0.846. The first-order valence-electron chi connectivity index (χ1n) is 5.45. The molecule has 3 heteroatoms. The van der Waals surface area contributed by atoms with Gasteiger partial charge in [0, 0.05) is 17.7 Å². The molecular weight excluding hydrogens is 214 g/mol. The van der Waals surface area contributed by atoms with Crippen molar-refractivity contribution in [3.63, 3.8) is 0 Å². The fourth-order valence-electron chi connectivity index (χ4n) is 1.89. The highest BCUT2D eigenvalue weighted by Gasteiger charge is 2.19. The minimum atomic E-state index is -0.0629. The molecule has 0 aromatic heterocycles. The van der Waals surface area contributed by atoms with Gasteiger partial charge in [0.1, 0.15) is 5.75 Å². The number of allylic oxidation sites excluding steroid dienone is 1. The van der Waals surface area contributed by atoms with Gasteiger partial charge in [-0.15, -0.1) is 0 Å². The molecule has 0 atom stereocenters. The molecule has 0 saturated carbocycles. The summed E-state index contributed by atoms with van der Waals surface area (Å²) >= 11 is 0. The average Bonchev–Trinajstić information content (AvgIpc) is 2.34. The second kappa shape index (κ2) is 4.45. The lowest BCUT2D eigenvalue weighted by atomic mass is 9.93. The molecule has 1 aromatic carbocycles. The van der Waals surface area contributed by atoms with Gasteiger partial charge in [-0.1, -0.05) is 18.7 Å². The van der Waals surface area contributed by atoms with E-state index in [0.717, 1.165) is 28.2 Å². The Morgan fingerprint density at radius 2 is 1.94 bits per heavy atom. The Morgan fingerprint density at radius 3 is 2.53 bits per heavy atom. The van der Waals surface area contributed by atoms with Gasteiger partial charge in [-0.2, -0.15) is 0 Å². The number of hydrogen-bond acceptors (Lipinski definition) is 2. The SMILES string of the molecule is C=C1CC(c2ccc(OC)cc2)=C(C)C(=O)N1. The highest BCUT2D eigenvalue weighted by molar-refractivity contribution is 6.03. The predicted molar refractivity (Wildman–Crippen MR) is 67.5 cm³/mol. The molecule has 0 aliphatic carbocycles. The first kappa shape index (κ1) is 11.5. The van der Waals surface area contributed by atoms with Gasteiger partial charge in [0.25, 0.3) is 5.91 Å². The molecular formula is C14H15NO2. The summed E-state index contributed by atoms with van der Waals surface area (Å²) in [7, 11) is 1.63. The summed E-state index contributed by atoms with van der Waals surface area (Å²) < 4.78 is 5.11. The van der Waals surface area contributed by atoms with Crippen molar-refractivity contribution in [2.45, 2.75) is 13.3 Å². The first-order valence-corrected chi connectivity index (χ1v) is 5.45. The summed E-state index contributed by atoms with van der Waals surface area (Å²) in [5.74, 6) is 0.748. The van der Waals surface area contributed by atoms with E-state index >= 15 is 0 Å². The maximum absolute atomic E-state index is 11.7. The highest BCUT2D eigenvalue weighted by Crippen LogP contribution is 2.29. The summed E-state index contributed by atoms with van der Waals surface area (Å²) in [6.07, 6.45) is 0.684. The van der Waals surface area contributed by atoms with Crippen LogP contribution >= 0.6 is 0 Å². The van der Waals surface area contributed by atoms with Crippen LogP contribution in [0.25, 0.3) is 5.57 Å². The van der Waals surface area contributed by atoms with Gasteiger partial charge < -0.3 is 10.1 Å². The summed E-state index contributed by atoms with van der Waals surface area (Å²) in [4.78, 5) is 11.7. The van der Waals surface area contributed by atoms with Gasteiger partial charge in [0.2, 0.25) is 0 Å². The molecule has 3 nitrogen and oxygen atoms in total. The van der Waals surface area contributed by atoms with E-state index in [4.69, 9.17) is 4.74 Å². The summed E-state index contributed by atoms with van der Waals surface area (Å²) in [5, 5.41) is 2.74. The van der Waals surface area contributed by atoms with Crippen LogP contribution in [0.15, 0.2) is 42.1 Å². The molecule has 0 spiro atoms. The number of nitrogens with one attached hydrogen (secondary N) is 1. The summed E-state index contributed by atoms with van der Waals surface area (Å²) in [6, 6.07) is 7.71. The van der Waals surface area contributed by atoms with E-state index in [9.17, 15) is 4.79 Å². The molecule has 1 aliphatic heterocycles. The maximum atomic E-state index is 11.7. The first-order chi connectivity index (χ1) is 8.11. The molecule has 0 fully saturated rings. The molecule has 88 valence electrons. The number of carbonyl (C=O) groups is 1. The number of hydrogen-bond donors (Lipinski definition) is 1. The normalized spacial score (nSPS) is 15.9. The number of ether oxygens (including phenoxy) is 1. The van der Waals surface area contributed by atoms with Crippen molar-refractivity contribution in [3.05, 3.63) is 47.7 Å². The van der Waals surface area contributed by atoms with Crippen molar-refractivity contribution in [1.29, 1.82) is 0 Å². The number of benzene rings is 1. The minimum Gasteiger partial charge on any atom is -0.497 e. The van der Waals surface area contributed by atoms with E-state index in [2.05, 4.69) is 11.9 Å². The van der Waals surface area contributed by atoms with Crippen LogP contribution in [0.2, 0.25) is 0 Å². The topological polar surface area (TPSA) is 38.3 Å². The lowest BCUT2D eigenvalue weighted by Crippen LogP contribution is -2.28. The Hall–Kier alpha value is -2.03. The number of rotatable bonds is 2. The summed E-state index contributed by atoms with van der Waals surface area (Å²) in [6.45, 7) is 5.65. The van der Waals surface area contributed by atoms with Crippen LogP contribution in [-0.4, -0.2) is 13.0 Å². The maximum Gasteiger partial charge on any atom is 0.251 e. The van der Waals surface area contributed by atoms with Crippen LogP contribution in [0.1, 0.15) is 18.9 Å². The van der Waals surface area contributed by atoms with Crippen LogP contribution in [0.4, 0.5) is 0 Å². The van der Waals surface area contributed by atoms with Crippen molar-refractivity contribution in [1.82, 2.24) is 5.32 Å². The second-order valence-corrected chi connectivity index (χ2v) is 4.07. The molecule has 1 aromatic rings. The van der Waals surface area contributed by atoms with E-state index in [1.165, 1.54) is 0 Å². The highest BCUT2D eigenvalue weighted by atomic mass is 16.5. The van der Waals surface area contributed by atoms with Crippen molar-refractivity contribution >= 4 is 11.5 Å². The Balaban J connectivity index is 2.40. The van der Waals surface area contributed by atoms with E-state index in [1.54, 1.807) is 7.11 Å². The molecule has 1 amide bonds. The Kier molecular flexibility index (Phi) is 3.00. The molecule has 1 N–H and O–H groups in total. The predicted octanol–water partition coefficient (Wildman–Crippen LogP) is 2.50. The van der Waals surface area contributed by atoms with Crippen LogP contribution < -0.4 is 10.1 Å². The molecule has 0 bridgehead atoms. The van der Waals surface area contributed by atoms with Crippen molar-refractivity contribution < 1.29 is 9.53 Å². The third kappa shape index (κ3) is 2.23. The molecule has 1 aliphatic rings. The van der Waals surface area contributed by atoms with Crippen molar-refractivity contribution in [2.75, 3.05) is 7.11 Å². The molecule has 17 heavy (non-hydrogen) atoms. The molecule has 2 rings (SSSR count). The van der Waals surface area contributed by atoms with E-state index in [1.807, 2.05) is 31.2 Å². The zero-order chi connectivity index (χ0) is 12.4. The zero-order valence-corrected chi connectivity index (χ0v) is 10.0. The molecule has 0 unspecified atom stereocenters. The van der Waals surface area contributed by atoms with E-state index in [-0.39, 0.29) is 5.91 Å². The smallest absolute Gasteiger partial charge is 0.251 e. The minimum absolute atomic E-state index is 0.0629.